The van der Waals surface area contributed by atoms with Crippen molar-refractivity contribution in [1.29, 1.82) is 0 Å². The maximum Gasteiger partial charge on any atom is 0.253 e. The molecule has 4 nitrogen and oxygen atoms in total. The van der Waals surface area contributed by atoms with Crippen LogP contribution in [-0.4, -0.2) is 38.3 Å². The highest BCUT2D eigenvalue weighted by molar-refractivity contribution is 7.98. The zero-order chi connectivity index (χ0) is 16.8. The Morgan fingerprint density at radius 2 is 1.78 bits per heavy atom. The van der Waals surface area contributed by atoms with Gasteiger partial charge in [-0.25, -0.2) is 0 Å². The number of hydrogen-bond acceptors (Lipinski definition) is 4. The Labute approximate surface area is 141 Å². The molecule has 0 heterocycles. The van der Waals surface area contributed by atoms with Crippen LogP contribution < -0.4 is 9.47 Å². The van der Waals surface area contributed by atoms with Crippen LogP contribution in [0.15, 0.2) is 47.4 Å². The van der Waals surface area contributed by atoms with Gasteiger partial charge in [-0.2, -0.15) is 0 Å². The van der Waals surface area contributed by atoms with E-state index in [1.165, 1.54) is 0 Å². The van der Waals surface area contributed by atoms with Crippen molar-refractivity contribution >= 4 is 17.7 Å². The van der Waals surface area contributed by atoms with Crippen LogP contribution in [0.1, 0.15) is 15.9 Å². The molecule has 0 bridgehead atoms. The molecule has 0 aliphatic carbocycles. The third-order valence-corrected chi connectivity index (χ3v) is 4.32. The summed E-state index contributed by atoms with van der Waals surface area (Å²) < 4.78 is 10.7. The van der Waals surface area contributed by atoms with Gasteiger partial charge in [0.25, 0.3) is 5.91 Å². The van der Waals surface area contributed by atoms with Gasteiger partial charge in [0.15, 0.2) is 11.5 Å². The Bertz CT molecular complexity index is 670. The van der Waals surface area contributed by atoms with Gasteiger partial charge in [0.2, 0.25) is 0 Å². The fourth-order valence-corrected chi connectivity index (χ4v) is 2.77. The predicted octanol–water partition coefficient (Wildman–Crippen LogP) is 3.70. The fraction of sp³-hybridized carbons (Fsp3) is 0.278. The van der Waals surface area contributed by atoms with Crippen LogP contribution in [0.25, 0.3) is 0 Å². The molecule has 2 rings (SSSR count). The van der Waals surface area contributed by atoms with Crippen LogP contribution in [-0.2, 0) is 6.54 Å². The van der Waals surface area contributed by atoms with Crippen LogP contribution in [0, 0.1) is 0 Å². The molecule has 2 aromatic carbocycles. The summed E-state index contributed by atoms with van der Waals surface area (Å²) in [7, 11) is 4.98. The second-order valence-electron chi connectivity index (χ2n) is 5.04. The molecular formula is C18H21NO3S. The summed E-state index contributed by atoms with van der Waals surface area (Å²) in [6.45, 7) is 0.448. The molecule has 0 fully saturated rings. The molecule has 0 spiro atoms. The molecule has 122 valence electrons. The number of hydrogen-bond donors (Lipinski definition) is 0. The first kappa shape index (κ1) is 17.2. The van der Waals surface area contributed by atoms with Crippen molar-refractivity contribution in [3.63, 3.8) is 0 Å². The number of nitrogens with zero attached hydrogens (tertiary/aromatic N) is 1. The third-order valence-electron chi connectivity index (χ3n) is 3.58. The molecule has 5 heteroatoms. The van der Waals surface area contributed by atoms with Crippen LogP contribution in [0.5, 0.6) is 11.5 Å². The van der Waals surface area contributed by atoms with E-state index in [1.807, 2.05) is 48.7 Å². The third kappa shape index (κ3) is 3.99. The molecule has 0 aromatic heterocycles. The van der Waals surface area contributed by atoms with Crippen molar-refractivity contribution in [3.8, 4) is 11.5 Å². The summed E-state index contributed by atoms with van der Waals surface area (Å²) >= 11 is 1.65. The Morgan fingerprint density at radius 3 is 2.35 bits per heavy atom. The number of thioether (sulfide) groups is 1. The molecule has 0 saturated heterocycles. The summed E-state index contributed by atoms with van der Waals surface area (Å²) in [4.78, 5) is 15.4. The van der Waals surface area contributed by atoms with Crippen molar-refractivity contribution in [2.45, 2.75) is 11.4 Å². The van der Waals surface area contributed by atoms with E-state index in [0.29, 0.717) is 23.6 Å². The zero-order valence-corrected chi connectivity index (χ0v) is 14.6. The SMILES string of the molecule is COc1cccc(CN(C)C(=O)c2ccc(SC)cc2)c1OC. The van der Waals surface area contributed by atoms with E-state index < -0.39 is 0 Å². The number of carbonyl (C=O) groups is 1. The molecule has 0 unspecified atom stereocenters. The Balaban J connectivity index is 2.17. The Morgan fingerprint density at radius 1 is 1.09 bits per heavy atom. The van der Waals surface area contributed by atoms with Gasteiger partial charge in [0.05, 0.1) is 14.2 Å². The molecule has 2 aromatic rings. The maximum absolute atomic E-state index is 12.5. The smallest absolute Gasteiger partial charge is 0.253 e. The first-order valence-corrected chi connectivity index (χ1v) is 8.42. The minimum atomic E-state index is -0.0254. The average molecular weight is 331 g/mol. The molecule has 0 aliphatic heterocycles. The van der Waals surface area contributed by atoms with Crippen molar-refractivity contribution in [2.24, 2.45) is 0 Å². The summed E-state index contributed by atoms with van der Waals surface area (Å²) in [6.07, 6.45) is 2.01. The molecule has 0 saturated carbocycles. The second kappa shape index (κ2) is 7.92. The number of amides is 1. The van der Waals surface area contributed by atoms with E-state index in [1.54, 1.807) is 37.9 Å². The predicted molar refractivity (Wildman–Crippen MR) is 93.6 cm³/mol. The number of ether oxygens (including phenoxy) is 2. The van der Waals surface area contributed by atoms with Gasteiger partial charge in [-0.05, 0) is 36.6 Å². The van der Waals surface area contributed by atoms with Gasteiger partial charge >= 0.3 is 0 Å². The van der Waals surface area contributed by atoms with E-state index in [-0.39, 0.29) is 5.91 Å². The molecular weight excluding hydrogens is 310 g/mol. The van der Waals surface area contributed by atoms with E-state index in [4.69, 9.17) is 9.47 Å². The number of carbonyl (C=O) groups excluding carboxylic acids is 1. The quantitative estimate of drug-likeness (QED) is 0.757. The van der Waals surface area contributed by atoms with Gasteiger partial charge in [-0.3, -0.25) is 4.79 Å². The summed E-state index contributed by atoms with van der Waals surface area (Å²) in [5.41, 5.74) is 1.58. The van der Waals surface area contributed by atoms with Gasteiger partial charge in [-0.1, -0.05) is 12.1 Å². The molecule has 0 N–H and O–H groups in total. The van der Waals surface area contributed by atoms with E-state index in [9.17, 15) is 4.79 Å². The largest absolute Gasteiger partial charge is 0.493 e. The Hall–Kier alpha value is -2.14. The Kier molecular flexibility index (Phi) is 5.93. The molecule has 0 aliphatic rings. The van der Waals surface area contributed by atoms with Gasteiger partial charge < -0.3 is 14.4 Å². The first-order chi connectivity index (χ1) is 11.1. The highest BCUT2D eigenvalue weighted by Gasteiger charge is 2.16. The fourth-order valence-electron chi connectivity index (χ4n) is 2.36. The number of methoxy groups -OCH3 is 2. The van der Waals surface area contributed by atoms with Crippen LogP contribution in [0.4, 0.5) is 0 Å². The number of benzene rings is 2. The summed E-state index contributed by atoms with van der Waals surface area (Å²) in [5.74, 6) is 1.30. The summed E-state index contributed by atoms with van der Waals surface area (Å²) in [5, 5.41) is 0. The van der Waals surface area contributed by atoms with Crippen molar-refractivity contribution < 1.29 is 14.3 Å². The monoisotopic (exact) mass is 331 g/mol. The van der Waals surface area contributed by atoms with Crippen molar-refractivity contribution in [2.75, 3.05) is 27.5 Å². The van der Waals surface area contributed by atoms with Crippen LogP contribution in [0.2, 0.25) is 0 Å². The van der Waals surface area contributed by atoms with Crippen LogP contribution >= 0.6 is 11.8 Å². The van der Waals surface area contributed by atoms with E-state index in [0.717, 1.165) is 10.5 Å². The summed E-state index contributed by atoms with van der Waals surface area (Å²) in [6, 6.07) is 13.3. The van der Waals surface area contributed by atoms with Gasteiger partial charge in [0, 0.05) is 29.6 Å². The first-order valence-electron chi connectivity index (χ1n) is 7.20. The minimum Gasteiger partial charge on any atom is -0.493 e. The van der Waals surface area contributed by atoms with E-state index in [2.05, 4.69) is 0 Å². The normalized spacial score (nSPS) is 10.3. The lowest BCUT2D eigenvalue weighted by molar-refractivity contribution is 0.0784. The topological polar surface area (TPSA) is 38.8 Å². The molecule has 0 atom stereocenters. The standard InChI is InChI=1S/C18H21NO3S/c1-19(18(20)13-8-10-15(23-4)11-9-13)12-14-6-5-7-16(21-2)17(14)22-3/h5-11H,12H2,1-4H3. The minimum absolute atomic E-state index is 0.0254. The number of rotatable bonds is 6. The van der Waals surface area contributed by atoms with Gasteiger partial charge in [0.1, 0.15) is 0 Å². The lowest BCUT2D eigenvalue weighted by Gasteiger charge is -2.20. The van der Waals surface area contributed by atoms with Crippen molar-refractivity contribution in [3.05, 3.63) is 53.6 Å². The average Bonchev–Trinajstić information content (AvgIpc) is 2.60. The molecule has 1 amide bonds. The lowest BCUT2D eigenvalue weighted by Crippen LogP contribution is -2.26. The maximum atomic E-state index is 12.5. The van der Waals surface area contributed by atoms with Gasteiger partial charge in [-0.15, -0.1) is 11.8 Å². The molecule has 0 radical (unpaired) electrons. The highest BCUT2D eigenvalue weighted by Crippen LogP contribution is 2.31. The molecule has 23 heavy (non-hydrogen) atoms. The highest BCUT2D eigenvalue weighted by atomic mass is 32.2. The van der Waals surface area contributed by atoms with Crippen LogP contribution in [0.3, 0.4) is 0 Å². The second-order valence-corrected chi connectivity index (χ2v) is 5.92. The number of para-hydroxylation sites is 1. The van der Waals surface area contributed by atoms with E-state index >= 15 is 0 Å². The zero-order valence-electron chi connectivity index (χ0n) is 13.8. The van der Waals surface area contributed by atoms with Crippen molar-refractivity contribution in [1.82, 2.24) is 4.90 Å². The lowest BCUT2D eigenvalue weighted by atomic mass is 10.1.